The van der Waals surface area contributed by atoms with Gasteiger partial charge in [0.2, 0.25) is 0 Å². The number of halogens is 2. The molecule has 2 atom stereocenters. The van der Waals surface area contributed by atoms with Crippen LogP contribution in [-0.2, 0) is 28.6 Å². The van der Waals surface area contributed by atoms with Gasteiger partial charge in [-0.25, -0.2) is 13.6 Å². The van der Waals surface area contributed by atoms with Crippen molar-refractivity contribution in [1.29, 1.82) is 0 Å². The van der Waals surface area contributed by atoms with Crippen LogP contribution in [0.25, 0.3) is 0 Å². The van der Waals surface area contributed by atoms with E-state index in [1.54, 1.807) is 0 Å². The largest absolute Gasteiger partial charge is 0.468 e. The van der Waals surface area contributed by atoms with Crippen LogP contribution in [-0.4, -0.2) is 51.2 Å². The van der Waals surface area contributed by atoms with Crippen molar-refractivity contribution >= 4 is 23.8 Å². The van der Waals surface area contributed by atoms with Gasteiger partial charge in [-0.2, -0.15) is 0 Å². The number of hydrogen-bond donors (Lipinski definition) is 1. The van der Waals surface area contributed by atoms with Crippen LogP contribution in [0.3, 0.4) is 0 Å². The molecule has 1 aromatic rings. The first-order valence-corrected chi connectivity index (χ1v) is 7.67. The summed E-state index contributed by atoms with van der Waals surface area (Å²) in [5.74, 6) is -8.94. The van der Waals surface area contributed by atoms with Crippen LogP contribution in [0.5, 0.6) is 0 Å². The predicted octanol–water partition coefficient (Wildman–Crippen LogP) is 0.834. The SMILES string of the molecule is COC(=O)C(C(=O)OC)[C@@H](C)[C@H](NC(=O)c1ccc(F)c(F)c1)C(=O)OC. The third kappa shape index (κ3) is 5.22. The molecule has 148 valence electrons. The van der Waals surface area contributed by atoms with E-state index >= 15 is 0 Å². The van der Waals surface area contributed by atoms with Gasteiger partial charge in [-0.15, -0.1) is 0 Å². The summed E-state index contributed by atoms with van der Waals surface area (Å²) in [4.78, 5) is 48.3. The lowest BCUT2D eigenvalue weighted by Crippen LogP contribution is -2.51. The van der Waals surface area contributed by atoms with Crippen LogP contribution in [0.1, 0.15) is 17.3 Å². The number of nitrogens with one attached hydrogen (secondary N) is 1. The number of amides is 1. The Balaban J connectivity index is 3.18. The van der Waals surface area contributed by atoms with Gasteiger partial charge in [0, 0.05) is 11.5 Å². The summed E-state index contributed by atoms with van der Waals surface area (Å²) >= 11 is 0. The summed E-state index contributed by atoms with van der Waals surface area (Å²) in [6, 6.07) is 0.915. The maximum Gasteiger partial charge on any atom is 0.328 e. The number of rotatable bonds is 7. The minimum Gasteiger partial charge on any atom is -0.468 e. The maximum atomic E-state index is 13.3. The summed E-state index contributed by atoms with van der Waals surface area (Å²) in [5, 5.41) is 2.25. The molecular weight excluding hydrogens is 368 g/mol. The number of hydrogen-bond acceptors (Lipinski definition) is 7. The first kappa shape index (κ1) is 22.0. The number of carbonyl (C=O) groups excluding carboxylic acids is 4. The third-order valence-electron chi connectivity index (χ3n) is 3.89. The van der Waals surface area contributed by atoms with Crippen LogP contribution in [0.4, 0.5) is 8.78 Å². The van der Waals surface area contributed by atoms with E-state index in [0.717, 1.165) is 33.5 Å². The molecule has 1 rings (SSSR count). The highest BCUT2D eigenvalue weighted by Crippen LogP contribution is 2.21. The van der Waals surface area contributed by atoms with Crippen molar-refractivity contribution in [1.82, 2.24) is 5.32 Å². The van der Waals surface area contributed by atoms with E-state index in [2.05, 4.69) is 19.5 Å². The lowest BCUT2D eigenvalue weighted by molar-refractivity contribution is -0.162. The molecule has 0 heterocycles. The van der Waals surface area contributed by atoms with Gasteiger partial charge in [0.15, 0.2) is 17.6 Å². The molecule has 0 spiro atoms. The Morgan fingerprint density at radius 2 is 1.41 bits per heavy atom. The van der Waals surface area contributed by atoms with Gasteiger partial charge in [-0.1, -0.05) is 6.92 Å². The zero-order chi connectivity index (χ0) is 20.7. The van der Waals surface area contributed by atoms with Crippen molar-refractivity contribution < 1.29 is 42.2 Å². The number of ether oxygens (including phenoxy) is 3. The predicted molar refractivity (Wildman–Crippen MR) is 86.3 cm³/mol. The second kappa shape index (κ2) is 9.60. The Bertz CT molecular complexity index is 722. The minimum atomic E-state index is -1.53. The Morgan fingerprint density at radius 3 is 1.85 bits per heavy atom. The molecule has 0 aliphatic heterocycles. The molecule has 0 saturated carbocycles. The lowest BCUT2D eigenvalue weighted by Gasteiger charge is -2.27. The van der Waals surface area contributed by atoms with Crippen molar-refractivity contribution in [2.45, 2.75) is 13.0 Å². The van der Waals surface area contributed by atoms with E-state index in [0.29, 0.717) is 6.07 Å². The summed E-state index contributed by atoms with van der Waals surface area (Å²) in [5.41, 5.74) is -0.275. The summed E-state index contributed by atoms with van der Waals surface area (Å²) in [6.07, 6.45) is 0. The molecule has 0 radical (unpaired) electrons. The normalized spacial score (nSPS) is 12.7. The first-order chi connectivity index (χ1) is 12.7. The molecule has 0 fully saturated rings. The Morgan fingerprint density at radius 1 is 0.889 bits per heavy atom. The second-order valence-electron chi connectivity index (χ2n) is 5.49. The number of benzene rings is 1. The van der Waals surface area contributed by atoms with Gasteiger partial charge in [0.1, 0.15) is 6.04 Å². The van der Waals surface area contributed by atoms with E-state index in [9.17, 15) is 28.0 Å². The fraction of sp³-hybridized carbons (Fsp3) is 0.412. The van der Waals surface area contributed by atoms with E-state index in [4.69, 9.17) is 0 Å². The fourth-order valence-corrected chi connectivity index (χ4v) is 2.37. The van der Waals surface area contributed by atoms with Crippen LogP contribution in [0, 0.1) is 23.5 Å². The molecule has 0 aromatic heterocycles. The van der Waals surface area contributed by atoms with Crippen molar-refractivity contribution in [3.63, 3.8) is 0 Å². The van der Waals surface area contributed by atoms with E-state index < -0.39 is 53.3 Å². The molecule has 10 heteroatoms. The standard InChI is InChI=1S/C17H19F2NO7/c1-8(12(15(22)25-2)16(23)26-3)13(17(24)27-4)20-14(21)9-5-6-10(18)11(19)7-9/h5-8,12-13H,1-4H3,(H,20,21)/t8-,13+/m1/s1. The molecule has 1 N–H and O–H groups in total. The van der Waals surface area contributed by atoms with Crippen LogP contribution in [0.2, 0.25) is 0 Å². The second-order valence-corrected chi connectivity index (χ2v) is 5.49. The number of esters is 3. The van der Waals surface area contributed by atoms with E-state index in [1.165, 1.54) is 6.92 Å². The first-order valence-electron chi connectivity index (χ1n) is 7.67. The van der Waals surface area contributed by atoms with Gasteiger partial charge in [0.25, 0.3) is 5.91 Å². The van der Waals surface area contributed by atoms with Crippen LogP contribution in [0.15, 0.2) is 18.2 Å². The molecule has 27 heavy (non-hydrogen) atoms. The number of carbonyl (C=O) groups is 4. The maximum absolute atomic E-state index is 13.3. The fourth-order valence-electron chi connectivity index (χ4n) is 2.37. The summed E-state index contributed by atoms with van der Waals surface area (Å²) in [7, 11) is 3.12. The average Bonchev–Trinajstić information content (AvgIpc) is 2.66. The third-order valence-corrected chi connectivity index (χ3v) is 3.89. The summed E-state index contributed by atoms with van der Waals surface area (Å²) in [6.45, 7) is 1.33. The molecule has 0 aliphatic carbocycles. The highest BCUT2D eigenvalue weighted by molar-refractivity contribution is 5.99. The summed E-state index contributed by atoms with van der Waals surface area (Å²) < 4.78 is 40.0. The highest BCUT2D eigenvalue weighted by Gasteiger charge is 2.42. The molecule has 1 amide bonds. The molecule has 0 saturated heterocycles. The van der Waals surface area contributed by atoms with E-state index in [-0.39, 0.29) is 5.56 Å². The average molecular weight is 387 g/mol. The Labute approximate surface area is 153 Å². The molecule has 0 aliphatic rings. The van der Waals surface area contributed by atoms with Crippen molar-refractivity contribution in [3.8, 4) is 0 Å². The van der Waals surface area contributed by atoms with Crippen molar-refractivity contribution in [2.75, 3.05) is 21.3 Å². The van der Waals surface area contributed by atoms with Crippen molar-refractivity contribution in [2.24, 2.45) is 11.8 Å². The Hall–Kier alpha value is -3.04. The van der Waals surface area contributed by atoms with Gasteiger partial charge in [-0.05, 0) is 18.2 Å². The topological polar surface area (TPSA) is 108 Å². The molecule has 0 unspecified atom stereocenters. The molecular formula is C17H19F2NO7. The van der Waals surface area contributed by atoms with Gasteiger partial charge in [0.05, 0.1) is 21.3 Å². The van der Waals surface area contributed by atoms with E-state index in [1.807, 2.05) is 0 Å². The lowest BCUT2D eigenvalue weighted by atomic mass is 9.87. The van der Waals surface area contributed by atoms with Gasteiger partial charge in [-0.3, -0.25) is 14.4 Å². The zero-order valence-corrected chi connectivity index (χ0v) is 15.1. The molecule has 8 nitrogen and oxygen atoms in total. The van der Waals surface area contributed by atoms with Crippen LogP contribution >= 0.6 is 0 Å². The number of methoxy groups -OCH3 is 3. The zero-order valence-electron chi connectivity index (χ0n) is 15.1. The van der Waals surface area contributed by atoms with Gasteiger partial charge < -0.3 is 19.5 Å². The smallest absolute Gasteiger partial charge is 0.328 e. The Kier molecular flexibility index (Phi) is 7.82. The monoisotopic (exact) mass is 387 g/mol. The quantitative estimate of drug-likeness (QED) is 0.419. The molecule has 0 bridgehead atoms. The van der Waals surface area contributed by atoms with Crippen molar-refractivity contribution in [3.05, 3.63) is 35.4 Å². The minimum absolute atomic E-state index is 0.275. The van der Waals surface area contributed by atoms with Crippen LogP contribution < -0.4 is 5.32 Å². The van der Waals surface area contributed by atoms with Gasteiger partial charge >= 0.3 is 17.9 Å². The molecule has 1 aromatic carbocycles. The highest BCUT2D eigenvalue weighted by atomic mass is 19.2.